The fourth-order valence-corrected chi connectivity index (χ4v) is 7.74. The molecule has 1 unspecified atom stereocenters. The number of rotatable bonds is 5. The zero-order valence-corrected chi connectivity index (χ0v) is 24.5. The van der Waals surface area contributed by atoms with Crippen LogP contribution in [-0.2, 0) is 28.3 Å². The largest absolute Gasteiger partial charge is 0.243 e. The summed E-state index contributed by atoms with van der Waals surface area (Å²) in [5.74, 6) is 0. The van der Waals surface area contributed by atoms with Crippen molar-refractivity contribution in [1.29, 1.82) is 5.26 Å². The molecule has 1 aromatic heterocycles. The fraction of sp³-hybridized carbons (Fsp3) is 0.294. The molecule has 0 amide bonds. The van der Waals surface area contributed by atoms with Crippen molar-refractivity contribution in [2.24, 2.45) is 5.41 Å². The third kappa shape index (κ3) is 5.03. The summed E-state index contributed by atoms with van der Waals surface area (Å²) in [7, 11) is -3.67. The molecule has 1 saturated heterocycles. The molecule has 6 nitrogen and oxygen atoms in total. The predicted molar refractivity (Wildman–Crippen MR) is 161 cm³/mol. The monoisotopic (exact) mass is 562 g/mol. The van der Waals surface area contributed by atoms with Crippen LogP contribution in [0.4, 0.5) is 0 Å². The number of hydrogen-bond donors (Lipinski definition) is 0. The van der Waals surface area contributed by atoms with Gasteiger partial charge in [0, 0.05) is 18.5 Å². The van der Waals surface area contributed by atoms with Gasteiger partial charge in [0.1, 0.15) is 0 Å². The van der Waals surface area contributed by atoms with E-state index in [1.54, 1.807) is 28.6 Å². The first-order valence-electron chi connectivity index (χ1n) is 14.0. The molecule has 4 aromatic rings. The number of nitrogens with zero attached hydrogens (tertiary/aromatic N) is 4. The Morgan fingerprint density at radius 2 is 1.68 bits per heavy atom. The van der Waals surface area contributed by atoms with Gasteiger partial charge in [-0.3, -0.25) is 0 Å². The number of aromatic nitrogens is 2. The van der Waals surface area contributed by atoms with Crippen molar-refractivity contribution in [3.8, 4) is 11.8 Å². The predicted octanol–water partition coefficient (Wildman–Crippen LogP) is 6.30. The van der Waals surface area contributed by atoms with Gasteiger partial charge in [-0.1, -0.05) is 68.8 Å². The van der Waals surface area contributed by atoms with Gasteiger partial charge < -0.3 is 0 Å². The Hall–Kier alpha value is -3.99. The smallest absolute Gasteiger partial charge is 0.233 e. The van der Waals surface area contributed by atoms with Gasteiger partial charge in [0.25, 0.3) is 0 Å². The van der Waals surface area contributed by atoms with Crippen LogP contribution in [0.15, 0.2) is 95.5 Å². The Morgan fingerprint density at radius 1 is 0.976 bits per heavy atom. The van der Waals surface area contributed by atoms with E-state index in [2.05, 4.69) is 45.0 Å². The molecule has 208 valence electrons. The Morgan fingerprint density at radius 3 is 2.34 bits per heavy atom. The first-order chi connectivity index (χ1) is 19.6. The lowest BCUT2D eigenvalue weighted by Gasteiger charge is -2.46. The average molecular weight is 563 g/mol. The van der Waals surface area contributed by atoms with Crippen molar-refractivity contribution < 1.29 is 8.42 Å². The van der Waals surface area contributed by atoms with Crippen LogP contribution in [0.25, 0.3) is 11.8 Å². The number of hydrogen-bond acceptors (Lipinski definition) is 4. The second-order valence-electron chi connectivity index (χ2n) is 12.3. The first kappa shape index (κ1) is 27.2. The first-order valence-corrected chi connectivity index (χ1v) is 15.5. The maximum absolute atomic E-state index is 14.0. The third-order valence-electron chi connectivity index (χ3n) is 8.50. The zero-order chi connectivity index (χ0) is 28.8. The molecule has 7 heteroatoms. The van der Waals surface area contributed by atoms with Crippen LogP contribution >= 0.6 is 0 Å². The number of sulfonamides is 1. The topological polar surface area (TPSA) is 79.0 Å². The van der Waals surface area contributed by atoms with E-state index in [1.807, 2.05) is 53.3 Å². The lowest BCUT2D eigenvalue weighted by atomic mass is 9.66. The van der Waals surface area contributed by atoms with E-state index in [1.165, 1.54) is 11.1 Å². The van der Waals surface area contributed by atoms with Crippen molar-refractivity contribution in [3.05, 3.63) is 119 Å². The molecule has 1 aliphatic heterocycles. The molecule has 0 bridgehead atoms. The van der Waals surface area contributed by atoms with Crippen molar-refractivity contribution in [3.63, 3.8) is 0 Å². The maximum atomic E-state index is 14.0. The van der Waals surface area contributed by atoms with Gasteiger partial charge in [-0.15, -0.1) is 0 Å². The summed E-state index contributed by atoms with van der Waals surface area (Å²) in [6, 6.07) is 27.3. The van der Waals surface area contributed by atoms with Crippen LogP contribution in [0.5, 0.6) is 0 Å². The van der Waals surface area contributed by atoms with Crippen LogP contribution in [0.1, 0.15) is 55.1 Å². The van der Waals surface area contributed by atoms with E-state index in [-0.39, 0.29) is 10.8 Å². The highest BCUT2D eigenvalue weighted by Crippen LogP contribution is 2.47. The van der Waals surface area contributed by atoms with Crippen molar-refractivity contribution in [1.82, 2.24) is 14.1 Å². The van der Waals surface area contributed by atoms with Crippen molar-refractivity contribution in [2.45, 2.75) is 50.3 Å². The Bertz CT molecular complexity index is 1760. The van der Waals surface area contributed by atoms with Crippen LogP contribution < -0.4 is 0 Å². The van der Waals surface area contributed by atoms with Gasteiger partial charge in [-0.2, -0.15) is 14.7 Å². The van der Waals surface area contributed by atoms with Crippen LogP contribution in [0.3, 0.4) is 0 Å². The van der Waals surface area contributed by atoms with Gasteiger partial charge in [0.2, 0.25) is 10.0 Å². The molecule has 1 atom stereocenters. The molecule has 2 aliphatic rings. The summed E-state index contributed by atoms with van der Waals surface area (Å²) in [5, 5.41) is 13.9. The highest BCUT2D eigenvalue weighted by molar-refractivity contribution is 7.89. The van der Waals surface area contributed by atoms with E-state index < -0.39 is 10.0 Å². The summed E-state index contributed by atoms with van der Waals surface area (Å²) >= 11 is 0. The Kier molecular flexibility index (Phi) is 6.72. The van der Waals surface area contributed by atoms with E-state index in [0.29, 0.717) is 36.4 Å². The van der Waals surface area contributed by atoms with E-state index in [4.69, 9.17) is 5.10 Å². The number of piperidine rings is 1. The van der Waals surface area contributed by atoms with E-state index >= 15 is 0 Å². The standard InChI is InChI=1S/C34H34N4O2S/c1-33(2,3)28-11-15-31(16-12-28)41(39,40)37-18-17-29-19-32-27(21-34(29,24-37)20-25-7-5-4-6-8-25)23-36-38(32)30-13-9-26(22-35)10-14-30/h4-16,19,23H,17-18,20-21,24H2,1-3H3. The molecule has 0 spiro atoms. The summed E-state index contributed by atoms with van der Waals surface area (Å²) in [5.41, 5.74) is 6.78. The molecular weight excluding hydrogens is 528 g/mol. The Balaban J connectivity index is 1.37. The minimum atomic E-state index is -3.67. The molecule has 41 heavy (non-hydrogen) atoms. The number of fused-ring (bicyclic) bond motifs is 2. The SMILES string of the molecule is CC(C)(C)c1ccc(S(=O)(=O)N2CCC3=Cc4c(cnn4-c4ccc(C#N)cc4)CC3(Cc3ccccc3)C2)cc1. The minimum Gasteiger partial charge on any atom is -0.233 e. The highest BCUT2D eigenvalue weighted by atomic mass is 32.2. The molecule has 0 radical (unpaired) electrons. The quantitative estimate of drug-likeness (QED) is 0.286. The van der Waals surface area contributed by atoms with Crippen LogP contribution in [-0.4, -0.2) is 35.6 Å². The van der Waals surface area contributed by atoms with Gasteiger partial charge in [-0.05, 0) is 83.8 Å². The molecule has 0 saturated carbocycles. The minimum absolute atomic E-state index is 0.0468. The van der Waals surface area contributed by atoms with Crippen LogP contribution in [0.2, 0.25) is 0 Å². The van der Waals surface area contributed by atoms with Gasteiger partial charge >= 0.3 is 0 Å². The molecule has 1 fully saturated rings. The maximum Gasteiger partial charge on any atom is 0.243 e. The normalized spacial score (nSPS) is 19.1. The average Bonchev–Trinajstić information content (AvgIpc) is 3.37. The van der Waals surface area contributed by atoms with Crippen LogP contribution in [0, 0.1) is 16.7 Å². The number of benzene rings is 3. The van der Waals surface area contributed by atoms with Gasteiger partial charge in [0.05, 0.1) is 34.1 Å². The zero-order valence-electron chi connectivity index (χ0n) is 23.7. The molecule has 1 aliphatic carbocycles. The van der Waals surface area contributed by atoms with E-state index in [0.717, 1.165) is 28.9 Å². The molecule has 0 N–H and O–H groups in total. The van der Waals surface area contributed by atoms with E-state index in [9.17, 15) is 13.7 Å². The fourth-order valence-electron chi connectivity index (χ4n) is 6.22. The van der Waals surface area contributed by atoms with Gasteiger partial charge in [-0.25, -0.2) is 13.1 Å². The Labute approximate surface area is 242 Å². The summed E-state index contributed by atoms with van der Waals surface area (Å²) in [4.78, 5) is 0.345. The molecule has 6 rings (SSSR count). The summed E-state index contributed by atoms with van der Waals surface area (Å²) in [6.45, 7) is 7.24. The van der Waals surface area contributed by atoms with Crippen molar-refractivity contribution in [2.75, 3.05) is 13.1 Å². The lowest BCUT2D eigenvalue weighted by molar-refractivity contribution is 0.209. The second-order valence-corrected chi connectivity index (χ2v) is 14.2. The molecule has 3 aromatic carbocycles. The van der Waals surface area contributed by atoms with Crippen molar-refractivity contribution >= 4 is 16.1 Å². The third-order valence-corrected chi connectivity index (χ3v) is 10.4. The summed E-state index contributed by atoms with van der Waals surface area (Å²) < 4.78 is 31.6. The molecular formula is C34H34N4O2S. The second kappa shape index (κ2) is 10.1. The highest BCUT2D eigenvalue weighted by Gasteiger charge is 2.46. The van der Waals surface area contributed by atoms with Gasteiger partial charge in [0.15, 0.2) is 0 Å². The number of nitriles is 1. The molecule has 2 heterocycles. The lowest BCUT2D eigenvalue weighted by Crippen LogP contribution is -2.50. The summed E-state index contributed by atoms with van der Waals surface area (Å²) in [6.07, 6.45) is 6.25.